The molecule has 1 nitrogen and oxygen atoms in total. The number of aliphatic hydroxyl groups excluding tert-OH is 1. The Morgan fingerprint density at radius 1 is 0.824 bits per heavy atom. The van der Waals surface area contributed by atoms with Crippen molar-refractivity contribution >= 4 is 23.5 Å². The maximum absolute atomic E-state index is 9.91. The molecule has 0 heterocycles. The molecule has 1 unspecified atom stereocenters. The second-order valence-electron chi connectivity index (χ2n) is 3.51. The highest BCUT2D eigenvalue weighted by Gasteiger charge is 2.06. The van der Waals surface area contributed by atoms with Crippen LogP contribution in [0.4, 0.5) is 0 Å². The molecule has 2 aromatic carbocycles. The highest BCUT2D eigenvalue weighted by molar-refractivity contribution is 8.03. The van der Waals surface area contributed by atoms with E-state index < -0.39 is 0 Å². The molecule has 0 aromatic heterocycles. The first-order chi connectivity index (χ1) is 8.34. The zero-order valence-corrected chi connectivity index (χ0v) is 11.0. The zero-order valence-electron chi connectivity index (χ0n) is 9.32. The molecule has 0 aliphatic carbocycles. The van der Waals surface area contributed by atoms with Gasteiger partial charge in [0, 0.05) is 15.5 Å². The van der Waals surface area contributed by atoms with Crippen molar-refractivity contribution in [3.05, 3.63) is 60.7 Å². The molecule has 0 spiro atoms. The predicted molar refractivity (Wildman–Crippen MR) is 75.5 cm³/mol. The van der Waals surface area contributed by atoms with Crippen LogP contribution in [-0.2, 0) is 0 Å². The number of thioether (sulfide) groups is 2. The number of aliphatic hydroxyl groups is 1. The lowest BCUT2D eigenvalue weighted by molar-refractivity contribution is 0.288. The molecule has 0 aliphatic heterocycles. The van der Waals surface area contributed by atoms with Gasteiger partial charge in [-0.1, -0.05) is 48.2 Å². The summed E-state index contributed by atoms with van der Waals surface area (Å²) in [5, 5.41) is 9.91. The summed E-state index contributed by atoms with van der Waals surface area (Å²) in [6.07, 6.45) is 0. The van der Waals surface area contributed by atoms with Crippen LogP contribution in [-0.4, -0.2) is 16.3 Å². The van der Waals surface area contributed by atoms with Crippen LogP contribution >= 0.6 is 23.5 Å². The molecule has 0 radical (unpaired) electrons. The molecular formula is C14H14OS2. The lowest BCUT2D eigenvalue weighted by Gasteiger charge is -2.09. The summed E-state index contributed by atoms with van der Waals surface area (Å²) in [7, 11) is 0. The Kier molecular flexibility index (Phi) is 4.98. The van der Waals surface area contributed by atoms with Crippen molar-refractivity contribution in [2.75, 3.05) is 5.75 Å². The quantitative estimate of drug-likeness (QED) is 0.652. The Balaban J connectivity index is 1.80. The van der Waals surface area contributed by atoms with Crippen LogP contribution in [0.2, 0.25) is 0 Å². The number of hydrogen-bond acceptors (Lipinski definition) is 3. The first-order valence-corrected chi connectivity index (χ1v) is 7.29. The number of hydrogen-bond donors (Lipinski definition) is 1. The smallest absolute Gasteiger partial charge is 0.113 e. The van der Waals surface area contributed by atoms with Crippen molar-refractivity contribution in [3.8, 4) is 0 Å². The molecule has 17 heavy (non-hydrogen) atoms. The Hall–Kier alpha value is -0.900. The second-order valence-corrected chi connectivity index (χ2v) is 5.85. The minimum Gasteiger partial charge on any atom is -0.381 e. The number of benzene rings is 2. The molecule has 3 heteroatoms. The minimum absolute atomic E-state index is 0.373. The monoisotopic (exact) mass is 262 g/mol. The van der Waals surface area contributed by atoms with E-state index in [0.29, 0.717) is 5.75 Å². The second kappa shape index (κ2) is 6.74. The molecule has 1 atom stereocenters. The summed E-state index contributed by atoms with van der Waals surface area (Å²) in [4.78, 5) is 2.30. The fourth-order valence-corrected chi connectivity index (χ4v) is 3.16. The minimum atomic E-state index is -0.373. The summed E-state index contributed by atoms with van der Waals surface area (Å²) in [5.74, 6) is 0.698. The average molecular weight is 262 g/mol. The fourth-order valence-electron chi connectivity index (χ4n) is 1.37. The fraction of sp³-hybridized carbons (Fsp3) is 0.143. The van der Waals surface area contributed by atoms with Gasteiger partial charge in [0.05, 0.1) is 0 Å². The van der Waals surface area contributed by atoms with E-state index in [1.165, 1.54) is 16.7 Å². The van der Waals surface area contributed by atoms with Crippen LogP contribution in [0.1, 0.15) is 0 Å². The highest BCUT2D eigenvalue weighted by atomic mass is 32.2. The van der Waals surface area contributed by atoms with Crippen LogP contribution in [0.15, 0.2) is 70.5 Å². The summed E-state index contributed by atoms with van der Waals surface area (Å²) < 4.78 is 0. The van der Waals surface area contributed by atoms with E-state index in [2.05, 4.69) is 12.1 Å². The summed E-state index contributed by atoms with van der Waals surface area (Å²) in [6.45, 7) is 0. The third kappa shape index (κ3) is 4.46. The lowest BCUT2D eigenvalue weighted by atomic mass is 10.4. The third-order valence-corrected chi connectivity index (χ3v) is 4.43. The van der Waals surface area contributed by atoms with Gasteiger partial charge < -0.3 is 5.11 Å². The van der Waals surface area contributed by atoms with Crippen LogP contribution < -0.4 is 0 Å². The SMILES string of the molecule is OC(CSc1ccccc1)Sc1ccccc1. The van der Waals surface area contributed by atoms with E-state index in [4.69, 9.17) is 0 Å². The van der Waals surface area contributed by atoms with Gasteiger partial charge in [0.25, 0.3) is 0 Å². The maximum atomic E-state index is 9.91. The molecule has 2 aromatic rings. The van der Waals surface area contributed by atoms with Gasteiger partial charge in [-0.3, -0.25) is 0 Å². The Labute approximate surface area is 110 Å². The standard InChI is InChI=1S/C14H14OS2/c15-14(17-13-9-5-2-6-10-13)11-16-12-7-3-1-4-8-12/h1-10,14-15H,11H2. The topological polar surface area (TPSA) is 20.2 Å². The van der Waals surface area contributed by atoms with Crippen molar-refractivity contribution in [2.24, 2.45) is 0 Å². The van der Waals surface area contributed by atoms with E-state index >= 15 is 0 Å². The third-order valence-electron chi connectivity index (χ3n) is 2.15. The van der Waals surface area contributed by atoms with Gasteiger partial charge in [-0.15, -0.1) is 11.8 Å². The zero-order chi connectivity index (χ0) is 11.9. The molecule has 2 rings (SSSR count). The van der Waals surface area contributed by atoms with Crippen molar-refractivity contribution in [1.29, 1.82) is 0 Å². The molecule has 0 saturated carbocycles. The van der Waals surface area contributed by atoms with E-state index in [-0.39, 0.29) is 5.44 Å². The molecular weight excluding hydrogens is 248 g/mol. The maximum Gasteiger partial charge on any atom is 0.113 e. The van der Waals surface area contributed by atoms with Crippen LogP contribution in [0.3, 0.4) is 0 Å². The van der Waals surface area contributed by atoms with Crippen LogP contribution in [0.25, 0.3) is 0 Å². The van der Waals surface area contributed by atoms with Gasteiger partial charge in [-0.25, -0.2) is 0 Å². The van der Waals surface area contributed by atoms with Crippen LogP contribution in [0, 0.1) is 0 Å². The van der Waals surface area contributed by atoms with Gasteiger partial charge in [-0.05, 0) is 24.3 Å². The van der Waals surface area contributed by atoms with E-state index in [1.807, 2.05) is 48.5 Å². The predicted octanol–water partition coefficient (Wildman–Crippen LogP) is 3.89. The lowest BCUT2D eigenvalue weighted by Crippen LogP contribution is -2.03. The van der Waals surface area contributed by atoms with Gasteiger partial charge in [0.1, 0.15) is 5.44 Å². The highest BCUT2D eigenvalue weighted by Crippen LogP contribution is 2.26. The first-order valence-electron chi connectivity index (χ1n) is 5.42. The average Bonchev–Trinajstić information content (AvgIpc) is 2.39. The van der Waals surface area contributed by atoms with Crippen molar-refractivity contribution in [1.82, 2.24) is 0 Å². The number of rotatable bonds is 5. The van der Waals surface area contributed by atoms with E-state index in [1.54, 1.807) is 11.8 Å². The Morgan fingerprint density at radius 2 is 1.35 bits per heavy atom. The normalized spacial score (nSPS) is 12.3. The first kappa shape index (κ1) is 12.6. The van der Waals surface area contributed by atoms with Crippen LogP contribution in [0.5, 0.6) is 0 Å². The molecule has 88 valence electrons. The Morgan fingerprint density at radius 3 is 1.94 bits per heavy atom. The Bertz CT molecular complexity index is 430. The molecule has 0 aliphatic rings. The largest absolute Gasteiger partial charge is 0.381 e. The summed E-state index contributed by atoms with van der Waals surface area (Å²) in [6, 6.07) is 20.1. The van der Waals surface area contributed by atoms with Crippen molar-refractivity contribution in [2.45, 2.75) is 15.2 Å². The van der Waals surface area contributed by atoms with E-state index in [0.717, 1.165) is 4.90 Å². The van der Waals surface area contributed by atoms with Gasteiger partial charge >= 0.3 is 0 Å². The van der Waals surface area contributed by atoms with Gasteiger partial charge in [0.15, 0.2) is 0 Å². The molecule has 0 amide bonds. The molecule has 0 bridgehead atoms. The molecule has 1 N–H and O–H groups in total. The van der Waals surface area contributed by atoms with Gasteiger partial charge in [0.2, 0.25) is 0 Å². The molecule has 0 saturated heterocycles. The van der Waals surface area contributed by atoms with Crippen molar-refractivity contribution in [3.63, 3.8) is 0 Å². The van der Waals surface area contributed by atoms with E-state index in [9.17, 15) is 5.11 Å². The summed E-state index contributed by atoms with van der Waals surface area (Å²) in [5.41, 5.74) is -0.373. The van der Waals surface area contributed by atoms with Crippen molar-refractivity contribution < 1.29 is 5.11 Å². The summed E-state index contributed by atoms with van der Waals surface area (Å²) >= 11 is 3.17. The van der Waals surface area contributed by atoms with Gasteiger partial charge in [-0.2, -0.15) is 0 Å². The molecule has 0 fully saturated rings.